The number of aromatic nitrogens is 3. The first-order valence-electron chi connectivity index (χ1n) is 20.4. The number of nitrogens with one attached hydrogen (secondary N) is 9. The summed E-state index contributed by atoms with van der Waals surface area (Å²) in [5.74, 6) is -11.3. The van der Waals surface area contributed by atoms with Crippen molar-refractivity contribution in [3.05, 3.63) is 58.1 Å². The summed E-state index contributed by atoms with van der Waals surface area (Å²) in [6.45, 7) is 1.93. The number of carbonyl (C=O) groups excluding carboxylic acids is 5. The van der Waals surface area contributed by atoms with Gasteiger partial charge in [-0.2, -0.15) is 0 Å². The lowest BCUT2D eigenvalue weighted by atomic mass is 10.1. The molecule has 0 aliphatic carbocycles. The number of rotatable bonds is 29. The molecule has 0 unspecified atom stereocenters. The van der Waals surface area contributed by atoms with Gasteiger partial charge in [-0.25, -0.2) is 14.6 Å². The van der Waals surface area contributed by atoms with E-state index >= 15 is 0 Å². The lowest BCUT2D eigenvalue weighted by molar-refractivity contribution is -0.143. The van der Waals surface area contributed by atoms with Crippen molar-refractivity contribution in [2.24, 2.45) is 5.73 Å². The first-order chi connectivity index (χ1) is 32.2. The van der Waals surface area contributed by atoms with Crippen LogP contribution in [0.4, 0.5) is 11.5 Å². The van der Waals surface area contributed by atoms with E-state index in [1.807, 2.05) is 6.92 Å². The second-order valence-electron chi connectivity index (χ2n) is 14.5. The summed E-state index contributed by atoms with van der Waals surface area (Å²) in [6.07, 6.45) is -2.07. The molecule has 2 aromatic heterocycles. The molecule has 0 aliphatic rings. The van der Waals surface area contributed by atoms with Crippen molar-refractivity contribution in [3.63, 3.8) is 0 Å². The van der Waals surface area contributed by atoms with Gasteiger partial charge in [0, 0.05) is 41.8 Å². The zero-order valence-corrected chi connectivity index (χ0v) is 37.8. The van der Waals surface area contributed by atoms with E-state index in [9.17, 15) is 68.4 Å². The molecule has 0 fully saturated rings. The summed E-state index contributed by atoms with van der Waals surface area (Å²) in [5.41, 5.74) is 11.8. The number of nitrogens with two attached hydrogens (primary N) is 2. The lowest BCUT2D eigenvalue weighted by Crippen LogP contribution is -2.58. The molecule has 0 saturated heterocycles. The summed E-state index contributed by atoms with van der Waals surface area (Å²) in [6, 6.07) is -1.22. The smallest absolute Gasteiger partial charge is 0.327 e. The summed E-state index contributed by atoms with van der Waals surface area (Å²) in [5, 5.41) is 62.4. The number of carbonyl (C=O) groups is 9. The van der Waals surface area contributed by atoms with Crippen molar-refractivity contribution in [2.75, 3.05) is 29.1 Å². The van der Waals surface area contributed by atoms with Crippen LogP contribution in [-0.2, 0) is 44.9 Å². The van der Waals surface area contributed by atoms with E-state index in [2.05, 4.69) is 52.2 Å². The third-order valence-electron chi connectivity index (χ3n) is 9.21. The fraction of sp³-hybridized carbons (Fsp3) is 0.410. The summed E-state index contributed by atoms with van der Waals surface area (Å²) in [4.78, 5) is 137. The summed E-state index contributed by atoms with van der Waals surface area (Å²) >= 11 is 0. The van der Waals surface area contributed by atoms with Gasteiger partial charge in [0.05, 0.1) is 36.8 Å². The van der Waals surface area contributed by atoms with E-state index < -0.39 is 121 Å². The van der Waals surface area contributed by atoms with Gasteiger partial charge in [0.15, 0.2) is 11.5 Å². The molecule has 0 bridgehead atoms. The van der Waals surface area contributed by atoms with Crippen LogP contribution in [0, 0.1) is 5.41 Å². The maximum atomic E-state index is 13.6. The van der Waals surface area contributed by atoms with Gasteiger partial charge in [0.1, 0.15) is 36.0 Å². The molecule has 0 spiro atoms. The number of aliphatic carboxylic acids is 4. The van der Waals surface area contributed by atoms with Crippen LogP contribution in [-0.4, -0.2) is 143 Å². The fourth-order valence-electron chi connectivity index (χ4n) is 5.90. The Morgan fingerprint density at radius 1 is 0.779 bits per heavy atom. The minimum Gasteiger partial charge on any atom is -0.481 e. The Labute approximate surface area is 393 Å². The van der Waals surface area contributed by atoms with Crippen LogP contribution in [0.5, 0.6) is 0 Å². The molecule has 5 amide bonds. The Bertz CT molecular complexity index is 2410. The highest BCUT2D eigenvalue weighted by Crippen LogP contribution is 2.21. The monoisotopic (exact) mass is 989 g/mol. The van der Waals surface area contributed by atoms with Crippen molar-refractivity contribution in [3.8, 4) is 0 Å². The van der Waals surface area contributed by atoms with Gasteiger partial charge < -0.3 is 74.1 Å². The van der Waals surface area contributed by atoms with Crippen LogP contribution in [0.1, 0.15) is 61.5 Å². The maximum Gasteiger partial charge on any atom is 0.327 e. The van der Waals surface area contributed by atoms with E-state index in [-0.39, 0.29) is 48.6 Å². The molecule has 68 heavy (non-hydrogen) atoms. The third kappa shape index (κ3) is 18.7. The van der Waals surface area contributed by atoms with Gasteiger partial charge in [0.25, 0.3) is 11.5 Å². The number of hydrogen-bond acceptors (Lipinski definition) is 17. The Balaban J connectivity index is 1.66. The highest BCUT2D eigenvalue weighted by atomic mass is 33.1. The molecule has 27 nitrogen and oxygen atoms in total. The summed E-state index contributed by atoms with van der Waals surface area (Å²) < 4.78 is 0. The molecule has 2 heterocycles. The van der Waals surface area contributed by atoms with Crippen LogP contribution in [0.3, 0.4) is 0 Å². The van der Waals surface area contributed by atoms with Crippen LogP contribution < -0.4 is 54.2 Å². The number of nitrogen functional groups attached to an aromatic ring is 1. The van der Waals surface area contributed by atoms with Gasteiger partial charge in [-0.3, -0.25) is 48.7 Å². The zero-order valence-electron chi connectivity index (χ0n) is 36.2. The molecule has 368 valence electrons. The van der Waals surface area contributed by atoms with E-state index in [1.165, 1.54) is 47.3 Å². The van der Waals surface area contributed by atoms with E-state index in [1.54, 1.807) is 0 Å². The van der Waals surface area contributed by atoms with E-state index in [0.29, 0.717) is 22.7 Å². The molecule has 5 atom stereocenters. The van der Waals surface area contributed by atoms with Gasteiger partial charge in [-0.15, -0.1) is 0 Å². The molecule has 29 heteroatoms. The highest BCUT2D eigenvalue weighted by Gasteiger charge is 2.33. The standard InChI is InChI=1S/C39H51N13O14S2/c1-2-67-68-17-26(38(65)66)51-35(61)25(14-30(56)57)50-33(59)21(4-3-11-43-39(41)42)48-34(60)24(13-29(54)55)47-28(53)10-9-22(37(63)64)49-32(58)18-5-7-19(8-6-18)44-15-20-16-45-23-12-27(40)52-36(62)31(23)46-20/h5-8,12,16,21-22,24-26,44H,2-4,9-11,13-15,17H2,1H3,(H,47,53)(H,48,60)(H,49,58)(H,50,59)(H,51,61)(H,54,55)(H,56,57)(H,63,64)(H,65,66)(H3,40,52,62)(H4,41,42,43)/t21-,22-,24-,25-,26-/m0/s1. The van der Waals surface area contributed by atoms with Crippen molar-refractivity contribution in [2.45, 2.75) is 82.2 Å². The molecule has 3 rings (SSSR count). The highest BCUT2D eigenvalue weighted by molar-refractivity contribution is 8.76. The minimum atomic E-state index is -1.88. The average Bonchev–Trinajstić information content (AvgIpc) is 3.26. The Kier molecular flexibility index (Phi) is 21.8. The number of fused-ring (bicyclic) bond motifs is 1. The number of nitrogens with zero attached hydrogens (tertiary/aromatic N) is 2. The Morgan fingerprint density at radius 2 is 1.37 bits per heavy atom. The molecule has 0 aliphatic heterocycles. The molecular weight excluding hydrogens is 939 g/mol. The number of carboxylic acid groups (broad SMARTS) is 4. The number of amides is 5. The molecule has 17 N–H and O–H groups in total. The normalized spacial score (nSPS) is 13.0. The fourth-order valence-corrected chi connectivity index (χ4v) is 7.72. The zero-order chi connectivity index (χ0) is 50.5. The Hall–Kier alpha value is -7.69. The average molecular weight is 990 g/mol. The number of pyridine rings is 1. The molecule has 0 radical (unpaired) electrons. The van der Waals surface area contributed by atoms with E-state index in [0.717, 1.165) is 10.8 Å². The summed E-state index contributed by atoms with van der Waals surface area (Å²) in [7, 11) is 2.43. The number of guanidine groups is 1. The van der Waals surface area contributed by atoms with Crippen molar-refractivity contribution < 1.29 is 63.6 Å². The van der Waals surface area contributed by atoms with Crippen molar-refractivity contribution >= 4 is 103 Å². The van der Waals surface area contributed by atoms with Crippen LogP contribution >= 0.6 is 21.6 Å². The molecule has 1 aromatic carbocycles. The van der Waals surface area contributed by atoms with Crippen LogP contribution in [0.25, 0.3) is 11.0 Å². The second kappa shape index (κ2) is 27.1. The number of hydrogen-bond donors (Lipinski definition) is 15. The lowest BCUT2D eigenvalue weighted by Gasteiger charge is -2.25. The predicted octanol–water partition coefficient (Wildman–Crippen LogP) is -1.89. The quantitative estimate of drug-likeness (QED) is 0.0156. The molecule has 0 saturated carbocycles. The van der Waals surface area contributed by atoms with Gasteiger partial charge in [-0.1, -0.05) is 28.5 Å². The van der Waals surface area contributed by atoms with Crippen LogP contribution in [0.2, 0.25) is 0 Å². The van der Waals surface area contributed by atoms with Crippen LogP contribution in [0.15, 0.2) is 41.3 Å². The minimum absolute atomic E-state index is 0.00306. The van der Waals surface area contributed by atoms with Gasteiger partial charge in [0.2, 0.25) is 23.6 Å². The SMILES string of the molecule is CCSSC[C@H](NC(=O)[C@H](CC(=O)O)NC(=O)[C@H](CCCNC(=N)N)NC(=O)[C@H](CC(=O)O)NC(=O)CC[C@H](NC(=O)c1ccc(NCc2cnc3cc(N)[nH]c(=O)c3n2)cc1)C(=O)O)C(=O)O. The number of H-pyrrole nitrogens is 1. The number of carboxylic acids is 4. The molecular formula is C39H51N13O14S2. The predicted molar refractivity (Wildman–Crippen MR) is 246 cm³/mol. The first-order valence-corrected chi connectivity index (χ1v) is 22.9. The van der Waals surface area contributed by atoms with Gasteiger partial charge in [-0.05, 0) is 43.5 Å². The topological polar surface area (TPSA) is 453 Å². The largest absolute Gasteiger partial charge is 0.481 e. The maximum absolute atomic E-state index is 13.6. The third-order valence-corrected chi connectivity index (χ3v) is 11.7. The van der Waals surface area contributed by atoms with E-state index in [4.69, 9.17) is 16.9 Å². The number of anilines is 2. The Morgan fingerprint density at radius 3 is 1.96 bits per heavy atom. The first kappa shape index (κ1) is 54.6. The molecule has 3 aromatic rings. The van der Waals surface area contributed by atoms with Crippen molar-refractivity contribution in [1.82, 2.24) is 46.9 Å². The van der Waals surface area contributed by atoms with Crippen molar-refractivity contribution in [1.29, 1.82) is 5.41 Å². The number of aromatic amines is 1. The second-order valence-corrected chi connectivity index (χ2v) is 17.3. The van der Waals surface area contributed by atoms with Gasteiger partial charge >= 0.3 is 23.9 Å². The number of benzene rings is 1.